The molecule has 1 atom stereocenters. The van der Waals surface area contributed by atoms with Gasteiger partial charge in [0.25, 0.3) is 5.56 Å². The highest BCUT2D eigenvalue weighted by molar-refractivity contribution is 9.10. The summed E-state index contributed by atoms with van der Waals surface area (Å²) in [6, 6.07) is 19.8. The number of ether oxygens (including phenoxy) is 2. The van der Waals surface area contributed by atoms with Crippen LogP contribution in [0.4, 0.5) is 17.6 Å². The summed E-state index contributed by atoms with van der Waals surface area (Å²) in [6.07, 6.45) is 6.02. The first-order valence-corrected chi connectivity index (χ1v) is 15.0. The van der Waals surface area contributed by atoms with E-state index in [1.807, 2.05) is 36.4 Å². The fraction of sp³-hybridized carbons (Fsp3) is 0.188. The molecule has 0 fully saturated rings. The molecule has 1 aromatic heterocycles. The number of fused-ring (bicyclic) bond motifs is 1. The monoisotopic (exact) mass is 670 g/mol. The van der Waals surface area contributed by atoms with Gasteiger partial charge in [-0.3, -0.25) is 9.36 Å². The van der Waals surface area contributed by atoms with Crippen molar-refractivity contribution in [3.8, 4) is 11.5 Å². The Kier molecular flexibility index (Phi) is 8.36. The Morgan fingerprint density at radius 1 is 0.884 bits per heavy atom. The Morgan fingerprint density at radius 2 is 1.56 bits per heavy atom. The lowest BCUT2D eigenvalue weighted by atomic mass is 9.84. The van der Waals surface area contributed by atoms with E-state index in [1.54, 1.807) is 28.8 Å². The van der Waals surface area contributed by atoms with E-state index in [-0.39, 0.29) is 17.1 Å². The van der Waals surface area contributed by atoms with Gasteiger partial charge < -0.3 is 9.47 Å². The standard InChI is InChI=1S/C32H23BrF4N2O3S/c33-22-5-1-3-19(16-22)17-26-29(40)39-28(20-9-13-24(14-10-20)42-31(36)37)25-6-2-4-21(27(25)38-32(39)43-26)15-18-7-11-23(12-8-18)41-30(34)35/h1,3,5,7-17,28,30-31H,2,4,6H2/b21-15-,26-17-/t28-/m1/s1. The van der Waals surface area contributed by atoms with Crippen LogP contribution in [0.2, 0.25) is 0 Å². The fourth-order valence-electron chi connectivity index (χ4n) is 5.38. The van der Waals surface area contributed by atoms with Gasteiger partial charge in [-0.05, 0) is 95.6 Å². The van der Waals surface area contributed by atoms with E-state index >= 15 is 0 Å². The second-order valence-electron chi connectivity index (χ2n) is 9.93. The molecular formula is C32H23BrF4N2O3S. The Morgan fingerprint density at radius 3 is 2.21 bits per heavy atom. The van der Waals surface area contributed by atoms with Crippen LogP contribution in [0, 0.1) is 0 Å². The zero-order valence-electron chi connectivity index (χ0n) is 22.4. The number of hydrogen-bond donors (Lipinski definition) is 0. The summed E-state index contributed by atoms with van der Waals surface area (Å²) in [7, 11) is 0. The third-order valence-electron chi connectivity index (χ3n) is 7.15. The quantitative estimate of drug-likeness (QED) is 0.192. The number of rotatable bonds is 7. The van der Waals surface area contributed by atoms with Crippen molar-refractivity contribution >= 4 is 39.4 Å². The summed E-state index contributed by atoms with van der Waals surface area (Å²) in [5.41, 5.74) is 4.87. The molecule has 0 saturated heterocycles. The van der Waals surface area contributed by atoms with E-state index in [9.17, 15) is 22.4 Å². The summed E-state index contributed by atoms with van der Waals surface area (Å²) in [4.78, 5) is 19.4. The zero-order chi connectivity index (χ0) is 30.1. The number of allylic oxidation sites excluding steroid dienone is 2. The Bertz CT molecular complexity index is 1900. The lowest BCUT2D eigenvalue weighted by molar-refractivity contribution is -0.0505. The summed E-state index contributed by atoms with van der Waals surface area (Å²) in [5, 5.41) is 0. The van der Waals surface area contributed by atoms with Crippen LogP contribution in [-0.2, 0) is 0 Å². The molecule has 0 radical (unpaired) electrons. The second kappa shape index (κ2) is 12.3. The normalized spacial score (nSPS) is 17.7. The highest BCUT2D eigenvalue weighted by Crippen LogP contribution is 2.41. The maximum atomic E-state index is 13.9. The first kappa shape index (κ1) is 29.1. The number of thiazole rings is 1. The van der Waals surface area contributed by atoms with Crippen molar-refractivity contribution in [3.63, 3.8) is 0 Å². The Labute approximate surface area is 255 Å². The molecule has 6 rings (SSSR count). The minimum absolute atomic E-state index is 0.0264. The summed E-state index contributed by atoms with van der Waals surface area (Å²) < 4.78 is 62.9. The molecule has 0 bridgehead atoms. The predicted octanol–water partition coefficient (Wildman–Crippen LogP) is 7.45. The van der Waals surface area contributed by atoms with E-state index < -0.39 is 19.3 Å². The SMILES string of the molecule is O=c1/c(=C/c2cccc(Br)c2)sc2n1[C@H](c1ccc(OC(F)F)cc1)C1=C(N=2)/C(=C\c2ccc(OC(F)F)cc2)CCC1. The van der Waals surface area contributed by atoms with Gasteiger partial charge in [0, 0.05) is 4.47 Å². The van der Waals surface area contributed by atoms with Crippen molar-refractivity contribution in [1.82, 2.24) is 4.57 Å². The van der Waals surface area contributed by atoms with Crippen LogP contribution < -0.4 is 24.4 Å². The molecule has 0 N–H and O–H groups in total. The van der Waals surface area contributed by atoms with Crippen LogP contribution in [0.25, 0.3) is 12.2 Å². The highest BCUT2D eigenvalue weighted by Gasteiger charge is 2.32. The van der Waals surface area contributed by atoms with Gasteiger partial charge in [-0.2, -0.15) is 17.6 Å². The van der Waals surface area contributed by atoms with Crippen molar-refractivity contribution in [2.24, 2.45) is 4.99 Å². The Balaban J connectivity index is 1.49. The lowest BCUT2D eigenvalue weighted by Gasteiger charge is -2.31. The van der Waals surface area contributed by atoms with Crippen LogP contribution in [0.1, 0.15) is 42.0 Å². The molecule has 220 valence electrons. The van der Waals surface area contributed by atoms with Gasteiger partial charge in [0.15, 0.2) is 4.80 Å². The van der Waals surface area contributed by atoms with Gasteiger partial charge in [-0.1, -0.05) is 63.7 Å². The summed E-state index contributed by atoms with van der Waals surface area (Å²) in [5.74, 6) is 0.0951. The van der Waals surface area contributed by atoms with E-state index in [4.69, 9.17) is 4.99 Å². The number of benzene rings is 3. The fourth-order valence-corrected chi connectivity index (χ4v) is 6.80. The molecule has 3 aromatic carbocycles. The average Bonchev–Trinajstić information content (AvgIpc) is 3.27. The van der Waals surface area contributed by atoms with Gasteiger partial charge in [0.05, 0.1) is 16.3 Å². The zero-order valence-corrected chi connectivity index (χ0v) is 24.8. The van der Waals surface area contributed by atoms with Crippen LogP contribution in [0.5, 0.6) is 11.5 Å². The van der Waals surface area contributed by atoms with Crippen molar-refractivity contribution in [3.05, 3.63) is 130 Å². The summed E-state index contributed by atoms with van der Waals surface area (Å²) in [6.45, 7) is -5.85. The van der Waals surface area contributed by atoms with E-state index in [0.717, 1.165) is 50.8 Å². The third-order valence-corrected chi connectivity index (χ3v) is 8.62. The first-order chi connectivity index (χ1) is 20.7. The van der Waals surface area contributed by atoms with Crippen LogP contribution >= 0.6 is 27.3 Å². The predicted molar refractivity (Wildman–Crippen MR) is 160 cm³/mol. The van der Waals surface area contributed by atoms with Crippen molar-refractivity contribution in [2.45, 2.75) is 38.5 Å². The molecule has 43 heavy (non-hydrogen) atoms. The lowest BCUT2D eigenvalue weighted by Crippen LogP contribution is -2.39. The number of alkyl halides is 4. The maximum absolute atomic E-state index is 13.9. The second-order valence-corrected chi connectivity index (χ2v) is 11.9. The molecule has 5 nitrogen and oxygen atoms in total. The highest BCUT2D eigenvalue weighted by atomic mass is 79.9. The largest absolute Gasteiger partial charge is 0.435 e. The first-order valence-electron chi connectivity index (χ1n) is 13.4. The van der Waals surface area contributed by atoms with Crippen molar-refractivity contribution < 1.29 is 27.0 Å². The molecule has 2 aliphatic rings. The summed E-state index contributed by atoms with van der Waals surface area (Å²) >= 11 is 4.76. The average molecular weight is 672 g/mol. The molecule has 11 heteroatoms. The smallest absolute Gasteiger partial charge is 0.387 e. The number of halogens is 5. The number of aromatic nitrogens is 1. The van der Waals surface area contributed by atoms with Gasteiger partial charge in [0.1, 0.15) is 11.5 Å². The maximum Gasteiger partial charge on any atom is 0.387 e. The molecular weight excluding hydrogens is 648 g/mol. The minimum atomic E-state index is -2.95. The van der Waals surface area contributed by atoms with E-state index in [2.05, 4.69) is 25.4 Å². The van der Waals surface area contributed by atoms with Crippen LogP contribution in [0.15, 0.2) is 104 Å². The van der Waals surface area contributed by atoms with Gasteiger partial charge in [-0.15, -0.1) is 0 Å². The third kappa shape index (κ3) is 6.37. The molecule has 2 heterocycles. The topological polar surface area (TPSA) is 52.8 Å². The van der Waals surface area contributed by atoms with Crippen molar-refractivity contribution in [2.75, 3.05) is 0 Å². The molecule has 0 saturated carbocycles. The number of hydrogen-bond acceptors (Lipinski definition) is 5. The van der Waals surface area contributed by atoms with Gasteiger partial charge >= 0.3 is 13.2 Å². The van der Waals surface area contributed by atoms with E-state index in [1.165, 1.54) is 35.6 Å². The van der Waals surface area contributed by atoms with Gasteiger partial charge in [0.2, 0.25) is 0 Å². The van der Waals surface area contributed by atoms with Crippen LogP contribution in [0.3, 0.4) is 0 Å². The minimum Gasteiger partial charge on any atom is -0.435 e. The number of nitrogens with zero attached hydrogens (tertiary/aromatic N) is 2. The molecule has 1 aliphatic carbocycles. The molecule has 1 aliphatic heterocycles. The van der Waals surface area contributed by atoms with Crippen molar-refractivity contribution in [1.29, 1.82) is 0 Å². The van der Waals surface area contributed by atoms with E-state index in [0.29, 0.717) is 15.8 Å². The van der Waals surface area contributed by atoms with Crippen LogP contribution in [-0.4, -0.2) is 17.8 Å². The Hall–Kier alpha value is -3.96. The molecule has 0 amide bonds. The molecule has 0 spiro atoms. The molecule has 0 unspecified atom stereocenters. The molecule has 4 aromatic rings. The van der Waals surface area contributed by atoms with Gasteiger partial charge in [-0.25, -0.2) is 4.99 Å².